The van der Waals surface area contributed by atoms with E-state index in [2.05, 4.69) is 9.97 Å². The third kappa shape index (κ3) is 1.86. The zero-order valence-electron chi connectivity index (χ0n) is 9.73. The van der Waals surface area contributed by atoms with E-state index in [9.17, 15) is 5.11 Å². The molecule has 0 amide bonds. The molecule has 2 aromatic heterocycles. The molecule has 2 heterocycles. The largest absolute Gasteiger partial charge is 0.389 e. The van der Waals surface area contributed by atoms with Crippen molar-refractivity contribution in [2.24, 2.45) is 0 Å². The molecule has 5 heteroatoms. The van der Waals surface area contributed by atoms with Gasteiger partial charge in [-0.05, 0) is 26.3 Å². The highest BCUT2D eigenvalue weighted by atomic mass is 16.3. The number of fused-ring (bicyclic) bond motifs is 1. The lowest BCUT2D eigenvalue weighted by Gasteiger charge is -2.18. The molecule has 5 nitrogen and oxygen atoms in total. The van der Waals surface area contributed by atoms with Crippen LogP contribution < -0.4 is 5.73 Å². The molecule has 0 saturated carbocycles. The predicted octanol–water partition coefficient (Wildman–Crippen LogP) is 1.09. The number of aryl methyl sites for hydroxylation is 1. The molecule has 0 atom stereocenters. The number of anilines is 1. The molecular weight excluding hydrogens is 204 g/mol. The number of nitrogens with two attached hydrogens (primary N) is 1. The molecule has 2 aromatic rings. The summed E-state index contributed by atoms with van der Waals surface area (Å²) in [6.45, 7) is 5.97. The molecule has 0 aromatic carbocycles. The fourth-order valence-corrected chi connectivity index (χ4v) is 1.88. The van der Waals surface area contributed by atoms with Crippen LogP contribution in [-0.4, -0.2) is 25.2 Å². The maximum Gasteiger partial charge on any atom is 0.145 e. The Bertz CT molecular complexity index is 524. The highest BCUT2D eigenvalue weighted by molar-refractivity contribution is 5.89. The molecule has 3 N–H and O–H groups in total. The van der Waals surface area contributed by atoms with Gasteiger partial charge in [-0.25, -0.2) is 9.97 Å². The van der Waals surface area contributed by atoms with Gasteiger partial charge in [-0.3, -0.25) is 0 Å². The van der Waals surface area contributed by atoms with Crippen LogP contribution in [0.2, 0.25) is 0 Å². The minimum absolute atomic E-state index is 0.480. The molecule has 0 radical (unpaired) electrons. The molecule has 0 aliphatic heterocycles. The summed E-state index contributed by atoms with van der Waals surface area (Å²) in [4.78, 5) is 8.18. The van der Waals surface area contributed by atoms with Crippen molar-refractivity contribution in [2.75, 3.05) is 5.73 Å². The molecule has 0 saturated heterocycles. The van der Waals surface area contributed by atoms with E-state index in [1.54, 1.807) is 13.8 Å². The molecule has 16 heavy (non-hydrogen) atoms. The van der Waals surface area contributed by atoms with E-state index >= 15 is 0 Å². The van der Waals surface area contributed by atoms with Crippen molar-refractivity contribution in [3.8, 4) is 0 Å². The minimum Gasteiger partial charge on any atom is -0.389 e. The summed E-state index contributed by atoms with van der Waals surface area (Å²) < 4.78 is 1.91. The van der Waals surface area contributed by atoms with Gasteiger partial charge >= 0.3 is 0 Å². The van der Waals surface area contributed by atoms with E-state index in [0.717, 1.165) is 16.6 Å². The van der Waals surface area contributed by atoms with Crippen molar-refractivity contribution in [1.82, 2.24) is 14.5 Å². The van der Waals surface area contributed by atoms with Gasteiger partial charge in [0.1, 0.15) is 17.8 Å². The van der Waals surface area contributed by atoms with Crippen LogP contribution in [0.25, 0.3) is 11.0 Å². The second-order valence-electron chi connectivity index (χ2n) is 4.71. The van der Waals surface area contributed by atoms with Gasteiger partial charge in [0, 0.05) is 6.20 Å². The quantitative estimate of drug-likeness (QED) is 0.794. The summed E-state index contributed by atoms with van der Waals surface area (Å²) in [5.74, 6) is 0.483. The van der Waals surface area contributed by atoms with Crippen molar-refractivity contribution < 1.29 is 5.11 Å². The predicted molar refractivity (Wildman–Crippen MR) is 63.0 cm³/mol. The topological polar surface area (TPSA) is 77.0 Å². The van der Waals surface area contributed by atoms with Gasteiger partial charge in [-0.15, -0.1) is 0 Å². The monoisotopic (exact) mass is 220 g/mol. The summed E-state index contributed by atoms with van der Waals surface area (Å²) in [5.41, 5.74) is 6.82. The molecule has 0 spiro atoms. The van der Waals surface area contributed by atoms with Crippen molar-refractivity contribution in [2.45, 2.75) is 32.9 Å². The highest BCUT2D eigenvalue weighted by Gasteiger charge is 2.17. The maximum atomic E-state index is 9.81. The highest BCUT2D eigenvalue weighted by Crippen LogP contribution is 2.24. The van der Waals surface area contributed by atoms with Gasteiger partial charge < -0.3 is 15.4 Å². The van der Waals surface area contributed by atoms with Crippen molar-refractivity contribution >= 4 is 16.9 Å². The number of aliphatic hydroxyl groups is 1. The number of nitrogen functional groups attached to an aromatic ring is 1. The minimum atomic E-state index is -0.780. The Morgan fingerprint density at radius 3 is 2.75 bits per heavy atom. The number of aromatic nitrogens is 3. The lowest BCUT2D eigenvalue weighted by molar-refractivity contribution is 0.0626. The number of nitrogens with zero attached hydrogens (tertiary/aromatic N) is 3. The van der Waals surface area contributed by atoms with Gasteiger partial charge in [0.05, 0.1) is 17.5 Å². The Kier molecular flexibility index (Phi) is 2.35. The van der Waals surface area contributed by atoms with Gasteiger partial charge in [-0.2, -0.15) is 0 Å². The summed E-state index contributed by atoms with van der Waals surface area (Å²) >= 11 is 0. The van der Waals surface area contributed by atoms with E-state index in [1.807, 2.05) is 17.7 Å². The van der Waals surface area contributed by atoms with Crippen molar-refractivity contribution in [3.63, 3.8) is 0 Å². The van der Waals surface area contributed by atoms with Crippen LogP contribution in [0.15, 0.2) is 12.5 Å². The first kappa shape index (κ1) is 10.9. The van der Waals surface area contributed by atoms with E-state index in [1.165, 1.54) is 6.33 Å². The first-order valence-electron chi connectivity index (χ1n) is 5.17. The number of rotatable bonds is 2. The average Bonchev–Trinajstić information content (AvgIpc) is 2.42. The van der Waals surface area contributed by atoms with Crippen LogP contribution in [0, 0.1) is 6.92 Å². The molecule has 0 bridgehead atoms. The molecule has 0 aliphatic rings. The zero-order chi connectivity index (χ0) is 11.9. The zero-order valence-corrected chi connectivity index (χ0v) is 9.73. The SMILES string of the molecule is Cc1cn(CC(C)(C)O)c2ncnc(N)c12. The molecule has 0 unspecified atom stereocenters. The van der Waals surface area contributed by atoms with Gasteiger partial charge in [0.2, 0.25) is 0 Å². The summed E-state index contributed by atoms with van der Waals surface area (Å²) in [6, 6.07) is 0. The third-order valence-corrected chi connectivity index (χ3v) is 2.43. The van der Waals surface area contributed by atoms with Crippen LogP contribution in [-0.2, 0) is 6.54 Å². The van der Waals surface area contributed by atoms with E-state index < -0.39 is 5.60 Å². The van der Waals surface area contributed by atoms with E-state index in [4.69, 9.17) is 5.73 Å². The summed E-state index contributed by atoms with van der Waals surface area (Å²) in [7, 11) is 0. The smallest absolute Gasteiger partial charge is 0.145 e. The first-order chi connectivity index (χ1) is 7.38. The molecule has 2 rings (SSSR count). The number of hydrogen-bond donors (Lipinski definition) is 2. The fourth-order valence-electron chi connectivity index (χ4n) is 1.88. The van der Waals surface area contributed by atoms with Gasteiger partial charge in [0.25, 0.3) is 0 Å². The molecule has 86 valence electrons. The van der Waals surface area contributed by atoms with Crippen LogP contribution in [0.1, 0.15) is 19.4 Å². The fraction of sp³-hybridized carbons (Fsp3) is 0.455. The second kappa shape index (κ2) is 3.45. The van der Waals surface area contributed by atoms with Gasteiger partial charge in [0.15, 0.2) is 0 Å². The molecule has 0 fully saturated rings. The second-order valence-corrected chi connectivity index (χ2v) is 4.71. The standard InChI is InChI=1S/C11H16N4O/c1-7-4-15(5-11(2,3)16)10-8(7)9(12)13-6-14-10/h4,6,16H,5H2,1-3H3,(H2,12,13,14). The van der Waals surface area contributed by atoms with E-state index in [0.29, 0.717) is 12.4 Å². The first-order valence-corrected chi connectivity index (χ1v) is 5.17. The van der Waals surface area contributed by atoms with Crippen molar-refractivity contribution in [1.29, 1.82) is 0 Å². The summed E-state index contributed by atoms with van der Waals surface area (Å²) in [6.07, 6.45) is 3.38. The number of hydrogen-bond acceptors (Lipinski definition) is 4. The van der Waals surface area contributed by atoms with Crippen LogP contribution >= 0.6 is 0 Å². The van der Waals surface area contributed by atoms with Gasteiger partial charge in [-0.1, -0.05) is 0 Å². The lowest BCUT2D eigenvalue weighted by Crippen LogP contribution is -2.25. The van der Waals surface area contributed by atoms with Crippen LogP contribution in [0.3, 0.4) is 0 Å². The average molecular weight is 220 g/mol. The third-order valence-electron chi connectivity index (χ3n) is 2.43. The van der Waals surface area contributed by atoms with Crippen LogP contribution in [0.5, 0.6) is 0 Å². The van der Waals surface area contributed by atoms with Crippen molar-refractivity contribution in [3.05, 3.63) is 18.1 Å². The summed E-state index contributed by atoms with van der Waals surface area (Å²) in [5, 5.41) is 10.7. The van der Waals surface area contributed by atoms with Crippen LogP contribution in [0.4, 0.5) is 5.82 Å². The lowest BCUT2D eigenvalue weighted by atomic mass is 10.1. The molecular formula is C11H16N4O. The normalized spacial score (nSPS) is 12.2. The Morgan fingerprint density at radius 2 is 2.12 bits per heavy atom. The maximum absolute atomic E-state index is 9.81. The Balaban J connectivity index is 2.60. The van der Waals surface area contributed by atoms with E-state index in [-0.39, 0.29) is 0 Å². The Labute approximate surface area is 93.9 Å². The Morgan fingerprint density at radius 1 is 1.44 bits per heavy atom. The Hall–Kier alpha value is -1.62. The molecule has 0 aliphatic carbocycles.